The molecule has 0 saturated heterocycles. The number of hydrogen-bond donors (Lipinski definition) is 1. The van der Waals surface area contributed by atoms with Gasteiger partial charge in [-0.3, -0.25) is 4.79 Å². The van der Waals surface area contributed by atoms with Crippen molar-refractivity contribution in [2.45, 2.75) is 25.8 Å². The molecule has 0 heterocycles. The standard InChI is InChI=1S/C21H17ClFN5O3/c1-3-28(21(30)31)20(29)18(11-25)27-26-15-8-12(2)19(17(22)9-15)16(10-24)13-4-6-14(23)7-5-13/h4-9,16,18H,3H2,1-2H3,(H,30,31). The molecule has 31 heavy (non-hydrogen) atoms. The molecular weight excluding hydrogens is 425 g/mol. The van der Waals surface area contributed by atoms with Gasteiger partial charge in [0.1, 0.15) is 11.9 Å². The highest BCUT2D eigenvalue weighted by Crippen LogP contribution is 2.35. The van der Waals surface area contributed by atoms with Crippen molar-refractivity contribution in [2.75, 3.05) is 6.54 Å². The van der Waals surface area contributed by atoms with Crippen molar-refractivity contribution in [2.24, 2.45) is 10.2 Å². The van der Waals surface area contributed by atoms with E-state index >= 15 is 0 Å². The molecule has 2 atom stereocenters. The summed E-state index contributed by atoms with van der Waals surface area (Å²) in [7, 11) is 0. The summed E-state index contributed by atoms with van der Waals surface area (Å²) in [5, 5.41) is 35.5. The highest BCUT2D eigenvalue weighted by Gasteiger charge is 2.27. The predicted molar refractivity (Wildman–Crippen MR) is 109 cm³/mol. The molecule has 2 unspecified atom stereocenters. The van der Waals surface area contributed by atoms with E-state index in [1.54, 1.807) is 19.1 Å². The van der Waals surface area contributed by atoms with E-state index in [2.05, 4.69) is 16.3 Å². The van der Waals surface area contributed by atoms with Crippen LogP contribution in [0, 0.1) is 35.4 Å². The molecule has 2 amide bonds. The summed E-state index contributed by atoms with van der Waals surface area (Å²) in [5.41, 5.74) is 1.88. The van der Waals surface area contributed by atoms with Crippen LogP contribution in [0.5, 0.6) is 0 Å². The molecule has 2 rings (SSSR count). The summed E-state index contributed by atoms with van der Waals surface area (Å²) < 4.78 is 13.2. The third-order valence-corrected chi connectivity index (χ3v) is 4.71. The van der Waals surface area contributed by atoms with Crippen LogP contribution >= 0.6 is 11.6 Å². The molecule has 158 valence electrons. The Morgan fingerprint density at radius 2 is 1.87 bits per heavy atom. The maximum absolute atomic E-state index is 13.2. The van der Waals surface area contributed by atoms with Gasteiger partial charge < -0.3 is 5.11 Å². The van der Waals surface area contributed by atoms with Crippen LogP contribution in [0.25, 0.3) is 0 Å². The normalized spacial score (nSPS) is 12.6. The number of hydrogen-bond acceptors (Lipinski definition) is 6. The number of carboxylic acid groups (broad SMARTS) is 1. The van der Waals surface area contributed by atoms with Gasteiger partial charge >= 0.3 is 6.09 Å². The van der Waals surface area contributed by atoms with Crippen LogP contribution in [-0.2, 0) is 4.79 Å². The first-order valence-corrected chi connectivity index (χ1v) is 9.41. The first-order valence-electron chi connectivity index (χ1n) is 9.03. The van der Waals surface area contributed by atoms with E-state index in [0.717, 1.165) is 0 Å². The van der Waals surface area contributed by atoms with E-state index < -0.39 is 29.8 Å². The van der Waals surface area contributed by atoms with Gasteiger partial charge in [0.2, 0.25) is 6.04 Å². The summed E-state index contributed by atoms with van der Waals surface area (Å²) >= 11 is 6.37. The molecule has 0 aliphatic heterocycles. The van der Waals surface area contributed by atoms with E-state index in [1.807, 2.05) is 0 Å². The minimum absolute atomic E-state index is 0.138. The van der Waals surface area contributed by atoms with Crippen molar-refractivity contribution in [1.29, 1.82) is 10.5 Å². The molecule has 2 aromatic carbocycles. The Kier molecular flexibility index (Phi) is 7.78. The van der Waals surface area contributed by atoms with Crippen LogP contribution in [0.4, 0.5) is 14.9 Å². The van der Waals surface area contributed by atoms with Crippen LogP contribution in [0.3, 0.4) is 0 Å². The van der Waals surface area contributed by atoms with Gasteiger partial charge in [0.05, 0.1) is 17.7 Å². The molecule has 0 fully saturated rings. The Morgan fingerprint density at radius 1 is 1.23 bits per heavy atom. The summed E-state index contributed by atoms with van der Waals surface area (Å²) in [4.78, 5) is 23.7. The summed E-state index contributed by atoms with van der Waals surface area (Å²) in [5.74, 6) is -2.19. The minimum atomic E-state index is -1.64. The van der Waals surface area contributed by atoms with Crippen LogP contribution in [0.1, 0.15) is 29.5 Å². The lowest BCUT2D eigenvalue weighted by Gasteiger charge is -2.16. The first-order chi connectivity index (χ1) is 14.7. The average Bonchev–Trinajstić information content (AvgIpc) is 2.72. The van der Waals surface area contributed by atoms with Crippen LogP contribution in [-0.4, -0.2) is 34.6 Å². The first kappa shape index (κ1) is 23.5. The molecule has 0 bridgehead atoms. The lowest BCUT2D eigenvalue weighted by Crippen LogP contribution is -2.41. The van der Waals surface area contributed by atoms with E-state index in [1.165, 1.54) is 37.3 Å². The molecule has 10 heteroatoms. The highest BCUT2D eigenvalue weighted by molar-refractivity contribution is 6.31. The van der Waals surface area contributed by atoms with Crippen molar-refractivity contribution >= 4 is 29.3 Å². The average molecular weight is 442 g/mol. The summed E-state index contributed by atoms with van der Waals surface area (Å²) in [6.07, 6.45) is -1.49. The Morgan fingerprint density at radius 3 is 2.35 bits per heavy atom. The number of carbonyl (C=O) groups is 2. The number of halogens is 2. The number of amides is 2. The number of imide groups is 1. The Bertz CT molecular complexity index is 1080. The topological polar surface area (TPSA) is 130 Å². The lowest BCUT2D eigenvalue weighted by atomic mass is 9.89. The quantitative estimate of drug-likeness (QED) is 0.634. The van der Waals surface area contributed by atoms with E-state index in [4.69, 9.17) is 16.7 Å². The molecule has 1 N–H and O–H groups in total. The zero-order chi connectivity index (χ0) is 23.1. The van der Waals surface area contributed by atoms with Crippen molar-refractivity contribution in [3.05, 3.63) is 63.9 Å². The second kappa shape index (κ2) is 10.3. The van der Waals surface area contributed by atoms with Gasteiger partial charge in [-0.2, -0.15) is 20.8 Å². The second-order valence-corrected chi connectivity index (χ2v) is 6.79. The third-order valence-electron chi connectivity index (χ3n) is 4.40. The Hall–Kier alpha value is -3.82. The molecule has 0 aliphatic carbocycles. The van der Waals surface area contributed by atoms with E-state index in [9.17, 15) is 24.5 Å². The van der Waals surface area contributed by atoms with Gasteiger partial charge in [-0.1, -0.05) is 23.7 Å². The van der Waals surface area contributed by atoms with Crippen molar-refractivity contribution in [1.82, 2.24) is 4.90 Å². The largest absolute Gasteiger partial charge is 0.465 e. The smallest absolute Gasteiger partial charge is 0.414 e. The molecule has 0 radical (unpaired) electrons. The fraction of sp³-hybridized carbons (Fsp3) is 0.238. The third kappa shape index (κ3) is 5.41. The maximum atomic E-state index is 13.2. The van der Waals surface area contributed by atoms with Gasteiger partial charge in [0, 0.05) is 11.6 Å². The number of rotatable bonds is 6. The molecule has 0 aliphatic rings. The molecule has 0 aromatic heterocycles. The van der Waals surface area contributed by atoms with Gasteiger partial charge in [-0.15, -0.1) is 0 Å². The van der Waals surface area contributed by atoms with Gasteiger partial charge in [-0.05, 0) is 54.8 Å². The number of nitriles is 2. The number of likely N-dealkylation sites (N-methyl/N-ethyl adjacent to an activating group) is 1. The van der Waals surface area contributed by atoms with Crippen LogP contribution < -0.4 is 0 Å². The Labute approximate surface area is 182 Å². The zero-order valence-corrected chi connectivity index (χ0v) is 17.3. The predicted octanol–water partition coefficient (Wildman–Crippen LogP) is 4.95. The van der Waals surface area contributed by atoms with Gasteiger partial charge in [0.15, 0.2) is 0 Å². The Balaban J connectivity index is 2.36. The SMILES string of the molecule is CCN(C(=O)O)C(=O)C(C#N)N=Nc1cc(C)c(C(C#N)c2ccc(F)cc2)c(Cl)c1. The lowest BCUT2D eigenvalue weighted by molar-refractivity contribution is -0.129. The summed E-state index contributed by atoms with van der Waals surface area (Å²) in [6, 6.07) is 10.6. The number of nitrogens with zero attached hydrogens (tertiary/aromatic N) is 5. The number of aryl methyl sites for hydroxylation is 1. The van der Waals surface area contributed by atoms with E-state index in [0.29, 0.717) is 21.6 Å². The maximum Gasteiger partial charge on any atom is 0.414 e. The van der Waals surface area contributed by atoms with Crippen molar-refractivity contribution < 1.29 is 19.1 Å². The zero-order valence-electron chi connectivity index (χ0n) is 16.6. The molecular formula is C21H17ClFN5O3. The number of carbonyl (C=O) groups excluding carboxylic acids is 1. The van der Waals surface area contributed by atoms with Gasteiger partial charge in [0.25, 0.3) is 5.91 Å². The van der Waals surface area contributed by atoms with Gasteiger partial charge in [-0.25, -0.2) is 14.1 Å². The van der Waals surface area contributed by atoms with Crippen LogP contribution in [0.15, 0.2) is 46.6 Å². The number of azo groups is 1. The number of benzene rings is 2. The molecule has 0 spiro atoms. The molecule has 8 nitrogen and oxygen atoms in total. The fourth-order valence-corrected chi connectivity index (χ4v) is 3.28. The monoisotopic (exact) mass is 441 g/mol. The van der Waals surface area contributed by atoms with Crippen LogP contribution in [0.2, 0.25) is 5.02 Å². The highest BCUT2D eigenvalue weighted by atomic mass is 35.5. The molecule has 2 aromatic rings. The fourth-order valence-electron chi connectivity index (χ4n) is 2.91. The second-order valence-electron chi connectivity index (χ2n) is 6.38. The van der Waals surface area contributed by atoms with Crippen molar-refractivity contribution in [3.8, 4) is 12.1 Å². The van der Waals surface area contributed by atoms with E-state index in [-0.39, 0.29) is 17.3 Å². The summed E-state index contributed by atoms with van der Waals surface area (Å²) in [6.45, 7) is 3.01. The van der Waals surface area contributed by atoms with Crippen molar-refractivity contribution in [3.63, 3.8) is 0 Å². The minimum Gasteiger partial charge on any atom is -0.465 e. The molecule has 0 saturated carbocycles.